The van der Waals surface area contributed by atoms with Crippen molar-refractivity contribution in [2.24, 2.45) is 0 Å². The Hall–Kier alpha value is -1.35. The van der Waals surface area contributed by atoms with Crippen LogP contribution in [0.25, 0.3) is 11.1 Å². The fraction of sp³-hybridized carbons (Fsp3) is 0.300. The zero-order chi connectivity index (χ0) is 9.10. The van der Waals surface area contributed by atoms with Crippen molar-refractivity contribution >= 4 is 11.1 Å². The number of para-hydroxylation sites is 2. The van der Waals surface area contributed by atoms with Gasteiger partial charge in [-0.3, -0.25) is 0 Å². The second-order valence-corrected chi connectivity index (χ2v) is 2.90. The number of hydrogen-bond acceptors (Lipinski definition) is 3. The van der Waals surface area contributed by atoms with Gasteiger partial charge in [-0.05, 0) is 18.6 Å². The molecule has 2 rings (SSSR count). The van der Waals surface area contributed by atoms with Crippen molar-refractivity contribution in [3.8, 4) is 0 Å². The zero-order valence-electron chi connectivity index (χ0n) is 7.23. The first-order valence-corrected chi connectivity index (χ1v) is 4.35. The summed E-state index contributed by atoms with van der Waals surface area (Å²) in [4.78, 5) is 4.27. The summed E-state index contributed by atoms with van der Waals surface area (Å²) in [6.45, 7) is 0.179. The standard InChI is InChI=1S/C10H11NO2/c12-7-3-6-10-11-8-4-1-2-5-9(8)13-10/h1-2,4-5,12H,3,6-7H2. The van der Waals surface area contributed by atoms with Gasteiger partial charge >= 0.3 is 0 Å². The maximum Gasteiger partial charge on any atom is 0.195 e. The van der Waals surface area contributed by atoms with E-state index in [4.69, 9.17) is 9.52 Å². The Morgan fingerprint density at radius 1 is 1.31 bits per heavy atom. The van der Waals surface area contributed by atoms with Gasteiger partial charge in [-0.2, -0.15) is 0 Å². The number of aliphatic hydroxyl groups excluding tert-OH is 1. The lowest BCUT2D eigenvalue weighted by atomic mass is 10.3. The van der Waals surface area contributed by atoms with Crippen molar-refractivity contribution in [1.82, 2.24) is 4.98 Å². The number of oxazole rings is 1. The summed E-state index contributed by atoms with van der Waals surface area (Å²) in [5.41, 5.74) is 1.70. The summed E-state index contributed by atoms with van der Waals surface area (Å²) >= 11 is 0. The van der Waals surface area contributed by atoms with Crippen molar-refractivity contribution in [1.29, 1.82) is 0 Å². The molecule has 0 unspecified atom stereocenters. The van der Waals surface area contributed by atoms with Crippen molar-refractivity contribution in [2.75, 3.05) is 6.61 Å². The highest BCUT2D eigenvalue weighted by Gasteiger charge is 2.03. The average molecular weight is 177 g/mol. The summed E-state index contributed by atoms with van der Waals surface area (Å²) in [5, 5.41) is 8.63. The van der Waals surface area contributed by atoms with E-state index in [1.807, 2.05) is 24.3 Å². The first-order valence-electron chi connectivity index (χ1n) is 4.35. The third kappa shape index (κ3) is 1.70. The van der Waals surface area contributed by atoms with E-state index in [9.17, 15) is 0 Å². The highest BCUT2D eigenvalue weighted by atomic mass is 16.3. The number of benzene rings is 1. The van der Waals surface area contributed by atoms with Gasteiger partial charge in [0.1, 0.15) is 5.52 Å². The molecule has 1 heterocycles. The number of hydrogen-bond donors (Lipinski definition) is 1. The lowest BCUT2D eigenvalue weighted by molar-refractivity contribution is 0.284. The van der Waals surface area contributed by atoms with Gasteiger partial charge < -0.3 is 9.52 Å². The minimum atomic E-state index is 0.179. The van der Waals surface area contributed by atoms with Gasteiger partial charge in [-0.25, -0.2) is 4.98 Å². The van der Waals surface area contributed by atoms with Crippen molar-refractivity contribution in [3.05, 3.63) is 30.2 Å². The average Bonchev–Trinajstić information content (AvgIpc) is 2.57. The van der Waals surface area contributed by atoms with Crippen LogP contribution in [0.3, 0.4) is 0 Å². The molecule has 0 amide bonds. The Morgan fingerprint density at radius 2 is 2.15 bits per heavy atom. The van der Waals surface area contributed by atoms with E-state index >= 15 is 0 Å². The number of nitrogens with zero attached hydrogens (tertiary/aromatic N) is 1. The number of fused-ring (bicyclic) bond motifs is 1. The van der Waals surface area contributed by atoms with Crippen molar-refractivity contribution in [2.45, 2.75) is 12.8 Å². The van der Waals surface area contributed by atoms with Gasteiger partial charge in [0.15, 0.2) is 11.5 Å². The van der Waals surface area contributed by atoms with Crippen molar-refractivity contribution in [3.63, 3.8) is 0 Å². The monoisotopic (exact) mass is 177 g/mol. The van der Waals surface area contributed by atoms with Crippen LogP contribution in [0.4, 0.5) is 0 Å². The highest BCUT2D eigenvalue weighted by molar-refractivity contribution is 5.72. The number of aliphatic hydroxyl groups is 1. The summed E-state index contributed by atoms with van der Waals surface area (Å²) < 4.78 is 5.45. The predicted molar refractivity (Wildman–Crippen MR) is 49.4 cm³/mol. The molecule has 0 radical (unpaired) electrons. The van der Waals surface area contributed by atoms with E-state index in [1.54, 1.807) is 0 Å². The molecule has 0 spiro atoms. The molecule has 0 atom stereocenters. The fourth-order valence-corrected chi connectivity index (χ4v) is 1.26. The van der Waals surface area contributed by atoms with Crippen LogP contribution in [-0.2, 0) is 6.42 Å². The van der Waals surface area contributed by atoms with Gasteiger partial charge in [-0.1, -0.05) is 12.1 Å². The molecule has 0 aliphatic heterocycles. The lowest BCUT2D eigenvalue weighted by Crippen LogP contribution is -1.88. The maximum absolute atomic E-state index is 8.63. The molecule has 0 saturated heterocycles. The van der Waals surface area contributed by atoms with Crippen LogP contribution in [0, 0.1) is 0 Å². The van der Waals surface area contributed by atoms with E-state index in [-0.39, 0.29) is 6.61 Å². The minimum absolute atomic E-state index is 0.179. The molecule has 13 heavy (non-hydrogen) atoms. The van der Waals surface area contributed by atoms with Crippen LogP contribution in [0.5, 0.6) is 0 Å². The molecular formula is C10H11NO2. The molecule has 0 aliphatic carbocycles. The minimum Gasteiger partial charge on any atom is -0.441 e. The van der Waals surface area contributed by atoms with Crippen LogP contribution in [0.15, 0.2) is 28.7 Å². The Balaban J connectivity index is 2.28. The third-order valence-corrected chi connectivity index (χ3v) is 1.89. The number of aryl methyl sites for hydroxylation is 1. The molecule has 0 aliphatic rings. The molecule has 1 aromatic heterocycles. The Kier molecular flexibility index (Phi) is 2.27. The maximum atomic E-state index is 8.63. The Bertz CT molecular complexity index is 361. The summed E-state index contributed by atoms with van der Waals surface area (Å²) in [7, 11) is 0. The SMILES string of the molecule is OCCCc1nc2ccccc2o1. The molecule has 1 N–H and O–H groups in total. The molecule has 0 bridgehead atoms. The van der Waals surface area contributed by atoms with Crippen LogP contribution in [-0.4, -0.2) is 16.7 Å². The quantitative estimate of drug-likeness (QED) is 0.776. The van der Waals surface area contributed by atoms with E-state index in [2.05, 4.69) is 4.98 Å². The first kappa shape index (κ1) is 8.26. The lowest BCUT2D eigenvalue weighted by Gasteiger charge is -1.88. The van der Waals surface area contributed by atoms with E-state index in [0.29, 0.717) is 18.7 Å². The molecular weight excluding hydrogens is 166 g/mol. The second kappa shape index (κ2) is 3.58. The van der Waals surface area contributed by atoms with Crippen LogP contribution in [0.2, 0.25) is 0 Å². The van der Waals surface area contributed by atoms with Crippen LogP contribution < -0.4 is 0 Å². The van der Waals surface area contributed by atoms with Gasteiger partial charge in [0.25, 0.3) is 0 Å². The molecule has 3 nitrogen and oxygen atoms in total. The molecule has 1 aromatic carbocycles. The fourth-order valence-electron chi connectivity index (χ4n) is 1.26. The van der Waals surface area contributed by atoms with Gasteiger partial charge in [0.05, 0.1) is 0 Å². The van der Waals surface area contributed by atoms with Crippen LogP contribution >= 0.6 is 0 Å². The number of aromatic nitrogens is 1. The third-order valence-electron chi connectivity index (χ3n) is 1.89. The van der Waals surface area contributed by atoms with E-state index < -0.39 is 0 Å². The Morgan fingerprint density at radius 3 is 2.92 bits per heavy atom. The second-order valence-electron chi connectivity index (χ2n) is 2.90. The van der Waals surface area contributed by atoms with E-state index in [0.717, 1.165) is 11.1 Å². The van der Waals surface area contributed by atoms with Gasteiger partial charge in [0, 0.05) is 13.0 Å². The van der Waals surface area contributed by atoms with Gasteiger partial charge in [0.2, 0.25) is 0 Å². The molecule has 68 valence electrons. The number of rotatable bonds is 3. The highest BCUT2D eigenvalue weighted by Crippen LogP contribution is 2.15. The molecule has 0 fully saturated rings. The van der Waals surface area contributed by atoms with Crippen molar-refractivity contribution < 1.29 is 9.52 Å². The normalized spacial score (nSPS) is 10.8. The molecule has 0 saturated carbocycles. The largest absolute Gasteiger partial charge is 0.441 e. The smallest absolute Gasteiger partial charge is 0.195 e. The zero-order valence-corrected chi connectivity index (χ0v) is 7.23. The summed E-state index contributed by atoms with van der Waals surface area (Å²) in [5.74, 6) is 0.704. The summed E-state index contributed by atoms with van der Waals surface area (Å²) in [6, 6.07) is 7.66. The topological polar surface area (TPSA) is 46.3 Å². The van der Waals surface area contributed by atoms with Gasteiger partial charge in [-0.15, -0.1) is 0 Å². The predicted octanol–water partition coefficient (Wildman–Crippen LogP) is 1.75. The molecule has 3 heteroatoms. The Labute approximate surface area is 76.0 Å². The van der Waals surface area contributed by atoms with Crippen LogP contribution in [0.1, 0.15) is 12.3 Å². The first-order chi connectivity index (χ1) is 6.40. The van der Waals surface area contributed by atoms with E-state index in [1.165, 1.54) is 0 Å². The summed E-state index contributed by atoms with van der Waals surface area (Å²) in [6.07, 6.45) is 1.40. The molecule has 2 aromatic rings.